The summed E-state index contributed by atoms with van der Waals surface area (Å²) in [5, 5.41) is 13.4. The Morgan fingerprint density at radius 1 is 1.41 bits per heavy atom. The maximum Gasteiger partial charge on any atom is 0.0664 e. The Morgan fingerprint density at radius 2 is 2.18 bits per heavy atom. The van der Waals surface area contributed by atoms with Crippen LogP contribution in [0.5, 0.6) is 0 Å². The van der Waals surface area contributed by atoms with E-state index in [1.54, 1.807) is 0 Å². The number of hydrogen-bond acceptors (Lipinski definition) is 2. The minimum absolute atomic E-state index is 0.0964. The van der Waals surface area contributed by atoms with E-state index >= 15 is 0 Å². The molecule has 0 heterocycles. The lowest BCUT2D eigenvalue weighted by Gasteiger charge is -2.36. The molecule has 2 atom stereocenters. The Morgan fingerprint density at radius 3 is 2.82 bits per heavy atom. The van der Waals surface area contributed by atoms with Gasteiger partial charge in [-0.15, -0.1) is 0 Å². The van der Waals surface area contributed by atoms with E-state index in [0.29, 0.717) is 5.92 Å². The standard InChI is InChI=1S/C15H23NO/c1-3-13-8-6-10-15(13,11-17)16-14-9-5-4-7-12(14)2/h4-5,7,9,13,16-17H,3,6,8,10-11H2,1-2H3. The fourth-order valence-corrected chi connectivity index (χ4v) is 3.13. The van der Waals surface area contributed by atoms with Gasteiger partial charge in [-0.1, -0.05) is 38.0 Å². The number of aliphatic hydroxyl groups excluding tert-OH is 1. The van der Waals surface area contributed by atoms with Gasteiger partial charge in [0.05, 0.1) is 12.1 Å². The van der Waals surface area contributed by atoms with Gasteiger partial charge in [0.15, 0.2) is 0 Å². The Kier molecular flexibility index (Phi) is 3.72. The van der Waals surface area contributed by atoms with Crippen LogP contribution >= 0.6 is 0 Å². The van der Waals surface area contributed by atoms with Gasteiger partial charge in [-0.25, -0.2) is 0 Å². The minimum atomic E-state index is -0.0964. The monoisotopic (exact) mass is 233 g/mol. The predicted molar refractivity (Wildman–Crippen MR) is 72.3 cm³/mol. The number of benzene rings is 1. The van der Waals surface area contributed by atoms with E-state index in [9.17, 15) is 5.11 Å². The highest BCUT2D eigenvalue weighted by Crippen LogP contribution is 2.40. The fraction of sp³-hybridized carbons (Fsp3) is 0.600. The molecule has 1 fully saturated rings. The first kappa shape index (κ1) is 12.4. The molecular formula is C15H23NO. The van der Waals surface area contributed by atoms with E-state index in [4.69, 9.17) is 0 Å². The van der Waals surface area contributed by atoms with Gasteiger partial charge in [0.25, 0.3) is 0 Å². The average molecular weight is 233 g/mol. The molecule has 1 aliphatic carbocycles. The van der Waals surface area contributed by atoms with Crippen molar-refractivity contribution in [1.82, 2.24) is 0 Å². The first-order valence-electron chi connectivity index (χ1n) is 6.66. The second kappa shape index (κ2) is 5.09. The summed E-state index contributed by atoms with van der Waals surface area (Å²) in [6.45, 7) is 4.57. The van der Waals surface area contributed by atoms with Crippen LogP contribution in [0.3, 0.4) is 0 Å². The third-order valence-corrected chi connectivity index (χ3v) is 4.26. The second-order valence-corrected chi connectivity index (χ2v) is 5.25. The molecule has 0 aromatic heterocycles. The molecule has 0 aliphatic heterocycles. The second-order valence-electron chi connectivity index (χ2n) is 5.25. The highest BCUT2D eigenvalue weighted by atomic mass is 16.3. The fourth-order valence-electron chi connectivity index (χ4n) is 3.13. The summed E-state index contributed by atoms with van der Waals surface area (Å²) in [6, 6.07) is 8.33. The van der Waals surface area contributed by atoms with E-state index < -0.39 is 0 Å². The van der Waals surface area contributed by atoms with Gasteiger partial charge >= 0.3 is 0 Å². The van der Waals surface area contributed by atoms with E-state index in [1.807, 2.05) is 0 Å². The zero-order chi connectivity index (χ0) is 12.3. The van der Waals surface area contributed by atoms with Crippen molar-refractivity contribution in [3.05, 3.63) is 29.8 Å². The van der Waals surface area contributed by atoms with Gasteiger partial charge in [0, 0.05) is 5.69 Å². The normalized spacial score (nSPS) is 28.3. The van der Waals surface area contributed by atoms with Crippen molar-refractivity contribution in [1.29, 1.82) is 0 Å². The highest BCUT2D eigenvalue weighted by molar-refractivity contribution is 5.52. The lowest BCUT2D eigenvalue weighted by molar-refractivity contribution is 0.174. The zero-order valence-electron chi connectivity index (χ0n) is 10.9. The molecule has 0 spiro atoms. The van der Waals surface area contributed by atoms with Crippen molar-refractivity contribution in [2.75, 3.05) is 11.9 Å². The van der Waals surface area contributed by atoms with Gasteiger partial charge in [0.1, 0.15) is 0 Å². The third kappa shape index (κ3) is 2.32. The van der Waals surface area contributed by atoms with Gasteiger partial charge < -0.3 is 10.4 Å². The van der Waals surface area contributed by atoms with Crippen LogP contribution in [0, 0.1) is 12.8 Å². The Bertz CT molecular complexity index is 377. The van der Waals surface area contributed by atoms with Gasteiger partial charge in [-0.05, 0) is 37.3 Å². The summed E-state index contributed by atoms with van der Waals surface area (Å²) in [5.41, 5.74) is 2.32. The number of para-hydroxylation sites is 1. The zero-order valence-corrected chi connectivity index (χ0v) is 10.9. The molecule has 0 amide bonds. The molecule has 2 nitrogen and oxygen atoms in total. The Hall–Kier alpha value is -1.02. The summed E-state index contributed by atoms with van der Waals surface area (Å²) < 4.78 is 0. The first-order chi connectivity index (χ1) is 8.22. The SMILES string of the molecule is CCC1CCCC1(CO)Nc1ccccc1C. The molecule has 17 heavy (non-hydrogen) atoms. The van der Waals surface area contributed by atoms with Crippen LogP contribution in [-0.4, -0.2) is 17.3 Å². The number of rotatable bonds is 4. The van der Waals surface area contributed by atoms with Gasteiger partial charge in [-0.2, -0.15) is 0 Å². The highest BCUT2D eigenvalue weighted by Gasteiger charge is 2.41. The summed E-state index contributed by atoms with van der Waals surface area (Å²) in [7, 11) is 0. The molecule has 2 rings (SSSR count). The first-order valence-corrected chi connectivity index (χ1v) is 6.66. The molecule has 1 aromatic rings. The van der Waals surface area contributed by atoms with Crippen LogP contribution in [0.15, 0.2) is 24.3 Å². The van der Waals surface area contributed by atoms with Gasteiger partial charge in [0.2, 0.25) is 0 Å². The summed E-state index contributed by atoms with van der Waals surface area (Å²) in [4.78, 5) is 0. The maximum atomic E-state index is 9.81. The lowest BCUT2D eigenvalue weighted by Crippen LogP contribution is -2.45. The molecule has 2 unspecified atom stereocenters. The average Bonchev–Trinajstić information content (AvgIpc) is 2.75. The van der Waals surface area contributed by atoms with Crippen LogP contribution in [0.25, 0.3) is 0 Å². The quantitative estimate of drug-likeness (QED) is 0.836. The van der Waals surface area contributed by atoms with Crippen molar-refractivity contribution in [2.24, 2.45) is 5.92 Å². The molecule has 2 N–H and O–H groups in total. The van der Waals surface area contributed by atoms with Gasteiger partial charge in [-0.3, -0.25) is 0 Å². The number of aryl methyl sites for hydroxylation is 1. The topological polar surface area (TPSA) is 32.3 Å². The van der Waals surface area contributed by atoms with Crippen LogP contribution in [0.4, 0.5) is 5.69 Å². The molecule has 1 aliphatic rings. The van der Waals surface area contributed by atoms with Crippen molar-refractivity contribution in [3.63, 3.8) is 0 Å². The largest absolute Gasteiger partial charge is 0.394 e. The van der Waals surface area contributed by atoms with Crippen LogP contribution in [0.2, 0.25) is 0 Å². The number of anilines is 1. The molecule has 0 saturated heterocycles. The van der Waals surface area contributed by atoms with E-state index in [-0.39, 0.29) is 12.1 Å². The molecule has 1 saturated carbocycles. The lowest BCUT2D eigenvalue weighted by atomic mass is 9.85. The molecule has 1 aromatic carbocycles. The van der Waals surface area contributed by atoms with Crippen LogP contribution in [-0.2, 0) is 0 Å². The van der Waals surface area contributed by atoms with Crippen LogP contribution < -0.4 is 5.32 Å². The van der Waals surface area contributed by atoms with Crippen LogP contribution in [0.1, 0.15) is 38.2 Å². The Balaban J connectivity index is 2.23. The smallest absolute Gasteiger partial charge is 0.0664 e. The van der Waals surface area contributed by atoms with E-state index in [0.717, 1.165) is 12.8 Å². The summed E-state index contributed by atoms with van der Waals surface area (Å²) >= 11 is 0. The molecule has 0 bridgehead atoms. The maximum absolute atomic E-state index is 9.81. The Labute approximate surface area is 104 Å². The molecular weight excluding hydrogens is 210 g/mol. The number of hydrogen-bond donors (Lipinski definition) is 2. The van der Waals surface area contributed by atoms with E-state index in [1.165, 1.54) is 24.1 Å². The van der Waals surface area contributed by atoms with Crippen molar-refractivity contribution in [3.8, 4) is 0 Å². The summed E-state index contributed by atoms with van der Waals surface area (Å²) in [6.07, 6.45) is 4.67. The minimum Gasteiger partial charge on any atom is -0.394 e. The molecule has 2 heteroatoms. The predicted octanol–water partition coefficient (Wildman–Crippen LogP) is 3.35. The molecule has 94 valence electrons. The van der Waals surface area contributed by atoms with Crippen molar-refractivity contribution < 1.29 is 5.11 Å². The van der Waals surface area contributed by atoms with Crippen molar-refractivity contribution in [2.45, 2.75) is 45.1 Å². The third-order valence-electron chi connectivity index (χ3n) is 4.26. The number of nitrogens with one attached hydrogen (secondary N) is 1. The van der Waals surface area contributed by atoms with E-state index in [2.05, 4.69) is 43.4 Å². The van der Waals surface area contributed by atoms with Crippen molar-refractivity contribution >= 4 is 5.69 Å². The number of aliphatic hydroxyl groups is 1. The summed E-state index contributed by atoms with van der Waals surface area (Å²) in [5.74, 6) is 0.590. The molecule has 0 radical (unpaired) electrons.